The number of rotatable bonds is 8. The number of fused-ring (bicyclic) bond motifs is 1. The van der Waals surface area contributed by atoms with Gasteiger partial charge in [-0.15, -0.1) is 0 Å². The molecule has 11 heteroatoms. The Labute approximate surface area is 266 Å². The first kappa shape index (κ1) is 30.9. The van der Waals surface area contributed by atoms with Crippen LogP contribution in [0.1, 0.15) is 36.5 Å². The summed E-state index contributed by atoms with van der Waals surface area (Å²) in [5.74, 6) is 1.81. The van der Waals surface area contributed by atoms with E-state index >= 15 is 0 Å². The topological polar surface area (TPSA) is 95.2 Å². The van der Waals surface area contributed by atoms with Crippen molar-refractivity contribution in [2.75, 3.05) is 40.0 Å². The van der Waals surface area contributed by atoms with Crippen LogP contribution in [-0.2, 0) is 9.53 Å². The second-order valence-corrected chi connectivity index (χ2v) is 12.2. The highest BCUT2D eigenvalue weighted by atomic mass is 79.9. The number of benzene rings is 3. The van der Waals surface area contributed by atoms with Crippen LogP contribution in [0.25, 0.3) is 22.3 Å². The molecular formula is C32H32Br2N4O5. The number of carbonyl (C=O) groups is 1. The number of nitrogens with zero attached hydrogens (tertiary/aromatic N) is 4. The number of para-hydroxylation sites is 1. The van der Waals surface area contributed by atoms with Gasteiger partial charge in [-0.2, -0.15) is 9.78 Å². The van der Waals surface area contributed by atoms with E-state index in [2.05, 4.69) is 50.8 Å². The number of ether oxygens (including phenoxy) is 3. The summed E-state index contributed by atoms with van der Waals surface area (Å²) in [6, 6.07) is 14.9. The monoisotopic (exact) mass is 710 g/mol. The molecule has 1 aliphatic heterocycles. The van der Waals surface area contributed by atoms with Crippen LogP contribution in [0, 0.1) is 6.92 Å². The molecule has 0 N–H and O–H groups in total. The Morgan fingerprint density at radius 1 is 1.12 bits per heavy atom. The lowest BCUT2D eigenvalue weighted by molar-refractivity contribution is -0.137. The van der Waals surface area contributed by atoms with Gasteiger partial charge in [0.15, 0.2) is 12.4 Å². The minimum atomic E-state index is -0.280. The molecule has 4 aromatic rings. The number of amides is 1. The van der Waals surface area contributed by atoms with Gasteiger partial charge in [-0.1, -0.05) is 26.0 Å². The number of aromatic nitrogens is 2. The van der Waals surface area contributed by atoms with Crippen molar-refractivity contribution in [3.8, 4) is 22.9 Å². The van der Waals surface area contributed by atoms with E-state index in [0.717, 1.165) is 22.4 Å². The van der Waals surface area contributed by atoms with Gasteiger partial charge < -0.3 is 19.1 Å². The molecule has 0 aliphatic carbocycles. The minimum absolute atomic E-state index is 0.0915. The van der Waals surface area contributed by atoms with Crippen LogP contribution in [0.15, 0.2) is 67.4 Å². The summed E-state index contributed by atoms with van der Waals surface area (Å²) in [6.45, 7) is 8.23. The minimum Gasteiger partial charge on any atom is -0.496 e. The van der Waals surface area contributed by atoms with E-state index < -0.39 is 0 Å². The van der Waals surface area contributed by atoms with Crippen molar-refractivity contribution in [3.63, 3.8) is 0 Å². The molecule has 1 aliphatic rings. The van der Waals surface area contributed by atoms with Gasteiger partial charge in [-0.05, 0) is 97.8 Å². The first-order valence-electron chi connectivity index (χ1n) is 13.9. The maximum atomic E-state index is 13.8. The number of carbonyl (C=O) groups excluding carboxylic acids is 1. The third-order valence-electron chi connectivity index (χ3n) is 7.24. The van der Waals surface area contributed by atoms with Crippen LogP contribution in [0.2, 0.25) is 0 Å². The van der Waals surface area contributed by atoms with Crippen molar-refractivity contribution in [1.29, 1.82) is 0 Å². The molecule has 9 nitrogen and oxygen atoms in total. The molecular weight excluding hydrogens is 680 g/mol. The summed E-state index contributed by atoms with van der Waals surface area (Å²) in [4.78, 5) is 32.9. The van der Waals surface area contributed by atoms with Crippen molar-refractivity contribution >= 4 is 54.9 Å². The van der Waals surface area contributed by atoms with E-state index in [1.807, 2.05) is 49.4 Å². The summed E-state index contributed by atoms with van der Waals surface area (Å²) in [7, 11) is 1.66. The van der Waals surface area contributed by atoms with Gasteiger partial charge >= 0.3 is 0 Å². The maximum absolute atomic E-state index is 13.8. The van der Waals surface area contributed by atoms with Crippen LogP contribution in [0.5, 0.6) is 11.5 Å². The van der Waals surface area contributed by atoms with Gasteiger partial charge in [0.25, 0.3) is 11.5 Å². The second-order valence-electron chi connectivity index (χ2n) is 10.5. The average Bonchev–Trinajstić information content (AvgIpc) is 3.00. The van der Waals surface area contributed by atoms with Gasteiger partial charge in [-0.25, -0.2) is 4.98 Å². The highest BCUT2D eigenvalue weighted by molar-refractivity contribution is 9.11. The lowest BCUT2D eigenvalue weighted by Crippen LogP contribution is -2.43. The van der Waals surface area contributed by atoms with Gasteiger partial charge in [0.2, 0.25) is 0 Å². The Bertz CT molecular complexity index is 1740. The van der Waals surface area contributed by atoms with E-state index in [4.69, 9.17) is 19.2 Å². The second kappa shape index (κ2) is 13.4. The Balaban J connectivity index is 1.51. The van der Waals surface area contributed by atoms with Crippen molar-refractivity contribution in [2.45, 2.75) is 26.7 Å². The fourth-order valence-electron chi connectivity index (χ4n) is 4.93. The van der Waals surface area contributed by atoms with Crippen molar-refractivity contribution in [1.82, 2.24) is 14.6 Å². The number of hydrogen-bond acceptors (Lipinski definition) is 7. The first-order chi connectivity index (χ1) is 20.7. The van der Waals surface area contributed by atoms with E-state index in [9.17, 15) is 9.59 Å². The van der Waals surface area contributed by atoms with Crippen molar-refractivity contribution < 1.29 is 19.0 Å². The Morgan fingerprint density at radius 2 is 1.81 bits per heavy atom. The zero-order valence-corrected chi connectivity index (χ0v) is 27.6. The van der Waals surface area contributed by atoms with E-state index in [0.29, 0.717) is 63.3 Å². The summed E-state index contributed by atoms with van der Waals surface area (Å²) < 4.78 is 19.4. The Kier molecular flexibility index (Phi) is 9.63. The molecule has 224 valence electrons. The molecule has 1 fully saturated rings. The number of halogens is 2. The van der Waals surface area contributed by atoms with Crippen LogP contribution < -0.4 is 15.0 Å². The molecule has 5 rings (SSSR count). The van der Waals surface area contributed by atoms with Crippen LogP contribution in [0.4, 0.5) is 0 Å². The number of hydrogen-bond donors (Lipinski definition) is 0. The SMILES string of the molecule is COc1cc(C)c(-c2nc3ccccc3c(=O)n2N=Cc2cc(Br)c(OCC(=O)N3CCOCC3)c(Br)c2)cc1C(C)C. The van der Waals surface area contributed by atoms with Gasteiger partial charge in [0.1, 0.15) is 11.5 Å². The highest BCUT2D eigenvalue weighted by Gasteiger charge is 2.20. The van der Waals surface area contributed by atoms with Gasteiger partial charge in [-0.3, -0.25) is 9.59 Å². The smallest absolute Gasteiger partial charge is 0.282 e. The lowest BCUT2D eigenvalue weighted by Gasteiger charge is -2.26. The molecule has 1 aromatic heterocycles. The van der Waals surface area contributed by atoms with Crippen LogP contribution in [-0.4, -0.2) is 66.7 Å². The standard InChI is InChI=1S/C32H32Br2N4O5/c1-19(2)23-16-24(20(3)13-28(23)41-4)31-36-27-8-6-5-7-22(27)32(40)38(31)35-17-21-14-25(33)30(26(34)15-21)43-18-29(39)37-9-11-42-12-10-37/h5-8,13-17,19H,9-12,18H2,1-4H3. The summed E-state index contributed by atoms with van der Waals surface area (Å²) in [6.07, 6.45) is 1.60. The predicted octanol–water partition coefficient (Wildman–Crippen LogP) is 6.15. The van der Waals surface area contributed by atoms with E-state index in [-0.39, 0.29) is 24.0 Å². The first-order valence-corrected chi connectivity index (χ1v) is 15.5. The molecule has 0 unspecified atom stereocenters. The lowest BCUT2D eigenvalue weighted by atomic mass is 9.96. The molecule has 0 radical (unpaired) electrons. The molecule has 1 amide bonds. The number of methoxy groups -OCH3 is 1. The zero-order chi connectivity index (χ0) is 30.7. The summed E-state index contributed by atoms with van der Waals surface area (Å²) in [5.41, 5.74) is 3.72. The third kappa shape index (κ3) is 6.68. The van der Waals surface area contributed by atoms with E-state index in [1.54, 1.807) is 24.3 Å². The molecule has 0 spiro atoms. The largest absolute Gasteiger partial charge is 0.496 e. The predicted molar refractivity (Wildman–Crippen MR) is 175 cm³/mol. The molecule has 2 heterocycles. The third-order valence-corrected chi connectivity index (χ3v) is 8.42. The molecule has 43 heavy (non-hydrogen) atoms. The highest BCUT2D eigenvalue weighted by Crippen LogP contribution is 2.36. The number of morpholine rings is 1. The number of aryl methyl sites for hydroxylation is 1. The maximum Gasteiger partial charge on any atom is 0.282 e. The average molecular weight is 712 g/mol. The van der Waals surface area contributed by atoms with Crippen molar-refractivity contribution in [2.24, 2.45) is 5.10 Å². The molecule has 0 atom stereocenters. The summed E-state index contributed by atoms with van der Waals surface area (Å²) in [5, 5.41) is 5.11. The van der Waals surface area contributed by atoms with Crippen molar-refractivity contribution in [3.05, 3.63) is 84.5 Å². The van der Waals surface area contributed by atoms with Crippen LogP contribution in [0.3, 0.4) is 0 Å². The van der Waals surface area contributed by atoms with Gasteiger partial charge in [0, 0.05) is 18.7 Å². The quantitative estimate of drug-likeness (QED) is 0.204. The fraction of sp³-hybridized carbons (Fsp3) is 0.312. The normalized spacial score (nSPS) is 13.7. The molecule has 0 bridgehead atoms. The molecule has 0 saturated carbocycles. The summed E-state index contributed by atoms with van der Waals surface area (Å²) >= 11 is 7.12. The zero-order valence-electron chi connectivity index (χ0n) is 24.4. The Morgan fingerprint density at radius 3 is 2.49 bits per heavy atom. The molecule has 1 saturated heterocycles. The Hall–Kier alpha value is -3.54. The van der Waals surface area contributed by atoms with Gasteiger partial charge in [0.05, 0.1) is 46.4 Å². The van der Waals surface area contributed by atoms with Crippen LogP contribution >= 0.6 is 31.9 Å². The van der Waals surface area contributed by atoms with E-state index in [1.165, 1.54) is 4.68 Å². The molecule has 3 aromatic carbocycles. The fourth-order valence-corrected chi connectivity index (χ4v) is 6.38.